The fourth-order valence-corrected chi connectivity index (χ4v) is 2.10. The third-order valence-corrected chi connectivity index (χ3v) is 3.13. The van der Waals surface area contributed by atoms with Crippen LogP contribution in [0.3, 0.4) is 0 Å². The smallest absolute Gasteiger partial charge is 0.326 e. The standard InChI is InChI=1S/C15H23NO4/c1-5-10-8-13(20-12(10)6-2)14(17)16-11(15(18)19)7-9(3)4/h8-9,11H,5-7H2,1-4H3,(H,16,17)(H,18,19)/t11-/m1/s1. The highest BCUT2D eigenvalue weighted by molar-refractivity contribution is 5.94. The number of furan rings is 1. The third-order valence-electron chi connectivity index (χ3n) is 3.13. The maximum absolute atomic E-state index is 12.1. The van der Waals surface area contributed by atoms with Gasteiger partial charge in [-0.2, -0.15) is 0 Å². The Hall–Kier alpha value is -1.78. The minimum atomic E-state index is -1.02. The molecule has 0 saturated heterocycles. The highest BCUT2D eigenvalue weighted by Gasteiger charge is 2.24. The van der Waals surface area contributed by atoms with Crippen LogP contribution in [0.1, 0.15) is 56.0 Å². The van der Waals surface area contributed by atoms with Gasteiger partial charge < -0.3 is 14.8 Å². The molecule has 0 saturated carbocycles. The van der Waals surface area contributed by atoms with Gasteiger partial charge in [0, 0.05) is 6.42 Å². The normalized spacial score (nSPS) is 12.4. The Bertz CT molecular complexity index is 455. The van der Waals surface area contributed by atoms with Crippen LogP contribution in [0.25, 0.3) is 0 Å². The molecule has 2 N–H and O–H groups in total. The predicted octanol–water partition coefficient (Wildman–Crippen LogP) is 2.63. The lowest BCUT2D eigenvalue weighted by Gasteiger charge is -2.15. The summed E-state index contributed by atoms with van der Waals surface area (Å²) in [6.07, 6.45) is 1.89. The fraction of sp³-hybridized carbons (Fsp3) is 0.600. The largest absolute Gasteiger partial charge is 0.480 e. The first-order chi connectivity index (χ1) is 9.38. The Balaban J connectivity index is 2.83. The van der Waals surface area contributed by atoms with Gasteiger partial charge in [0.25, 0.3) is 5.91 Å². The van der Waals surface area contributed by atoms with Gasteiger partial charge in [0.15, 0.2) is 5.76 Å². The van der Waals surface area contributed by atoms with E-state index in [9.17, 15) is 9.59 Å². The average Bonchev–Trinajstić information content (AvgIpc) is 2.80. The number of aliphatic carboxylic acids is 1. The zero-order valence-electron chi connectivity index (χ0n) is 12.5. The zero-order chi connectivity index (χ0) is 15.3. The minimum Gasteiger partial charge on any atom is -0.480 e. The SMILES string of the molecule is CCc1cc(C(=O)N[C@H](CC(C)C)C(=O)O)oc1CC. The van der Waals surface area contributed by atoms with Crippen LogP contribution < -0.4 is 5.32 Å². The molecule has 0 unspecified atom stereocenters. The van der Waals surface area contributed by atoms with E-state index < -0.39 is 17.9 Å². The molecule has 1 rings (SSSR count). The van der Waals surface area contributed by atoms with E-state index in [4.69, 9.17) is 9.52 Å². The number of hydrogen-bond acceptors (Lipinski definition) is 3. The van der Waals surface area contributed by atoms with E-state index in [0.29, 0.717) is 12.8 Å². The lowest BCUT2D eigenvalue weighted by atomic mass is 10.0. The summed E-state index contributed by atoms with van der Waals surface area (Å²) in [5.41, 5.74) is 0.994. The number of carboxylic acids is 1. The molecule has 0 aliphatic rings. The van der Waals surface area contributed by atoms with E-state index in [0.717, 1.165) is 17.7 Å². The molecular formula is C15H23NO4. The maximum Gasteiger partial charge on any atom is 0.326 e. The predicted molar refractivity (Wildman–Crippen MR) is 75.8 cm³/mol. The van der Waals surface area contributed by atoms with Gasteiger partial charge in [0.05, 0.1) is 0 Å². The second kappa shape index (κ2) is 7.12. The van der Waals surface area contributed by atoms with Crippen molar-refractivity contribution in [1.29, 1.82) is 0 Å². The molecular weight excluding hydrogens is 258 g/mol. The van der Waals surface area contributed by atoms with Crippen molar-refractivity contribution in [2.45, 2.75) is 53.0 Å². The molecule has 1 aromatic rings. The molecule has 0 spiro atoms. The molecule has 0 fully saturated rings. The first-order valence-electron chi connectivity index (χ1n) is 7.04. The van der Waals surface area contributed by atoms with Crippen molar-refractivity contribution in [2.24, 2.45) is 5.92 Å². The van der Waals surface area contributed by atoms with Crippen molar-refractivity contribution in [3.63, 3.8) is 0 Å². The van der Waals surface area contributed by atoms with E-state index >= 15 is 0 Å². The molecule has 0 bridgehead atoms. The quantitative estimate of drug-likeness (QED) is 0.805. The lowest BCUT2D eigenvalue weighted by Crippen LogP contribution is -2.41. The summed E-state index contributed by atoms with van der Waals surface area (Å²) in [6.45, 7) is 7.78. The molecule has 1 amide bonds. The van der Waals surface area contributed by atoms with Gasteiger partial charge in [-0.15, -0.1) is 0 Å². The minimum absolute atomic E-state index is 0.186. The number of rotatable bonds is 7. The fourth-order valence-electron chi connectivity index (χ4n) is 2.10. The van der Waals surface area contributed by atoms with E-state index in [1.807, 2.05) is 27.7 Å². The van der Waals surface area contributed by atoms with Gasteiger partial charge in [-0.3, -0.25) is 4.79 Å². The Morgan fingerprint density at radius 2 is 1.95 bits per heavy atom. The summed E-state index contributed by atoms with van der Waals surface area (Å²) < 4.78 is 5.50. The Morgan fingerprint density at radius 3 is 2.35 bits per heavy atom. The Labute approximate surface area is 119 Å². The first kappa shape index (κ1) is 16.3. The summed E-state index contributed by atoms with van der Waals surface area (Å²) >= 11 is 0. The van der Waals surface area contributed by atoms with Gasteiger partial charge in [-0.05, 0) is 30.4 Å². The molecule has 0 aliphatic heterocycles. The van der Waals surface area contributed by atoms with Gasteiger partial charge >= 0.3 is 5.97 Å². The van der Waals surface area contributed by atoms with Crippen LogP contribution in [0.4, 0.5) is 0 Å². The average molecular weight is 281 g/mol. The van der Waals surface area contributed by atoms with Gasteiger partial charge in [0.1, 0.15) is 11.8 Å². The van der Waals surface area contributed by atoms with Crippen molar-refractivity contribution in [1.82, 2.24) is 5.32 Å². The lowest BCUT2D eigenvalue weighted by molar-refractivity contribution is -0.139. The number of amides is 1. The second-order valence-corrected chi connectivity index (χ2v) is 5.26. The number of nitrogens with one attached hydrogen (secondary N) is 1. The number of carbonyl (C=O) groups excluding carboxylic acids is 1. The van der Waals surface area contributed by atoms with Crippen molar-refractivity contribution in [3.8, 4) is 0 Å². The number of carboxylic acid groups (broad SMARTS) is 1. The third kappa shape index (κ3) is 4.11. The summed E-state index contributed by atoms with van der Waals surface area (Å²) in [4.78, 5) is 23.2. The van der Waals surface area contributed by atoms with Crippen molar-refractivity contribution in [3.05, 3.63) is 23.2 Å². The van der Waals surface area contributed by atoms with E-state index in [1.54, 1.807) is 6.07 Å². The highest BCUT2D eigenvalue weighted by Crippen LogP contribution is 2.17. The van der Waals surface area contributed by atoms with Crippen molar-refractivity contribution >= 4 is 11.9 Å². The van der Waals surface area contributed by atoms with Crippen LogP contribution in [-0.4, -0.2) is 23.0 Å². The van der Waals surface area contributed by atoms with Crippen LogP contribution in [-0.2, 0) is 17.6 Å². The molecule has 0 aromatic carbocycles. The molecule has 1 aromatic heterocycles. The molecule has 1 atom stereocenters. The van der Waals surface area contributed by atoms with Gasteiger partial charge in [0.2, 0.25) is 0 Å². The molecule has 1 heterocycles. The summed E-state index contributed by atoms with van der Waals surface area (Å²) in [7, 11) is 0. The van der Waals surface area contributed by atoms with Crippen LogP contribution in [0.5, 0.6) is 0 Å². The molecule has 112 valence electrons. The Morgan fingerprint density at radius 1 is 1.30 bits per heavy atom. The van der Waals surface area contributed by atoms with Crippen molar-refractivity contribution < 1.29 is 19.1 Å². The van der Waals surface area contributed by atoms with E-state index in [2.05, 4.69) is 5.32 Å². The second-order valence-electron chi connectivity index (χ2n) is 5.26. The topological polar surface area (TPSA) is 79.5 Å². The van der Waals surface area contributed by atoms with E-state index in [-0.39, 0.29) is 11.7 Å². The maximum atomic E-state index is 12.1. The summed E-state index contributed by atoms with van der Waals surface area (Å²) in [6, 6.07) is 0.811. The number of aryl methyl sites for hydroxylation is 2. The number of carbonyl (C=O) groups is 2. The van der Waals surface area contributed by atoms with Gasteiger partial charge in [-0.25, -0.2) is 4.79 Å². The zero-order valence-corrected chi connectivity index (χ0v) is 12.5. The summed E-state index contributed by atoms with van der Waals surface area (Å²) in [5.74, 6) is -0.329. The van der Waals surface area contributed by atoms with E-state index in [1.165, 1.54) is 0 Å². The van der Waals surface area contributed by atoms with Crippen LogP contribution in [0.15, 0.2) is 10.5 Å². The molecule has 5 heteroatoms. The van der Waals surface area contributed by atoms with Crippen LogP contribution >= 0.6 is 0 Å². The molecule has 20 heavy (non-hydrogen) atoms. The first-order valence-corrected chi connectivity index (χ1v) is 7.04. The monoisotopic (exact) mass is 281 g/mol. The number of hydrogen-bond donors (Lipinski definition) is 2. The molecule has 5 nitrogen and oxygen atoms in total. The summed E-state index contributed by atoms with van der Waals surface area (Å²) in [5, 5.41) is 11.6. The molecule has 0 aliphatic carbocycles. The van der Waals surface area contributed by atoms with Crippen LogP contribution in [0.2, 0.25) is 0 Å². The van der Waals surface area contributed by atoms with Crippen molar-refractivity contribution in [2.75, 3.05) is 0 Å². The Kier molecular flexibility index (Phi) is 5.80. The van der Waals surface area contributed by atoms with Crippen LogP contribution in [0, 0.1) is 5.92 Å². The van der Waals surface area contributed by atoms with Gasteiger partial charge in [-0.1, -0.05) is 27.7 Å². The molecule has 0 radical (unpaired) electrons. The highest BCUT2D eigenvalue weighted by atomic mass is 16.4.